The number of nitrogens with zero attached hydrogens (tertiary/aromatic N) is 2. The molecule has 0 heterocycles. The van der Waals surface area contributed by atoms with Gasteiger partial charge in [-0.3, -0.25) is 9.13 Å². The van der Waals surface area contributed by atoms with Crippen LogP contribution in [0.5, 0.6) is 0 Å². The summed E-state index contributed by atoms with van der Waals surface area (Å²) in [5, 5.41) is 0. The second-order valence-corrected chi connectivity index (χ2v) is 15.6. The lowest BCUT2D eigenvalue weighted by molar-refractivity contribution is 0.0848. The maximum absolute atomic E-state index is 4.49. The molecule has 0 aromatic rings. The van der Waals surface area contributed by atoms with E-state index < -0.39 is 8.72 Å². The van der Waals surface area contributed by atoms with E-state index in [1.54, 1.807) is 0 Å². The standard InChI is InChI=1S/C30H60N4Si/c1-3-25-31-35(32-26-4-2,33(27-17-9-5-10-18-27)28-19-11-6-12-20-28)34(29-21-13-7-14-22-29)30-23-15-8-16-24-30/h27-32H,3-26H2,1-2H3. The van der Waals surface area contributed by atoms with Crippen molar-refractivity contribution in [3.8, 4) is 0 Å². The first kappa shape index (κ1) is 28.1. The van der Waals surface area contributed by atoms with Crippen LogP contribution in [-0.4, -0.2) is 55.1 Å². The summed E-state index contributed by atoms with van der Waals surface area (Å²) in [5.41, 5.74) is 0. The van der Waals surface area contributed by atoms with E-state index in [1.807, 2.05) is 0 Å². The van der Waals surface area contributed by atoms with Crippen LogP contribution in [0.25, 0.3) is 0 Å². The third kappa shape index (κ3) is 7.13. The SMILES string of the molecule is CCCN[Si](NCCC)(N(C1CCCCC1)C1CCCCC1)N(C1CCCCC1)C1CCCCC1. The Hall–Kier alpha value is 0.0569. The third-order valence-corrected chi connectivity index (χ3v) is 14.3. The first-order chi connectivity index (χ1) is 17.3. The van der Waals surface area contributed by atoms with Gasteiger partial charge in [-0.05, 0) is 77.3 Å². The van der Waals surface area contributed by atoms with Gasteiger partial charge < -0.3 is 9.96 Å². The molecule has 4 aliphatic carbocycles. The molecule has 0 bridgehead atoms. The van der Waals surface area contributed by atoms with Crippen molar-refractivity contribution in [3.63, 3.8) is 0 Å². The average molecular weight is 505 g/mol. The van der Waals surface area contributed by atoms with Crippen molar-refractivity contribution in [1.29, 1.82) is 0 Å². The Kier molecular flexibility index (Phi) is 11.9. The maximum atomic E-state index is 4.49. The molecule has 4 saturated carbocycles. The van der Waals surface area contributed by atoms with Gasteiger partial charge in [0.2, 0.25) is 0 Å². The lowest BCUT2D eigenvalue weighted by Crippen LogP contribution is -2.87. The topological polar surface area (TPSA) is 30.5 Å². The monoisotopic (exact) mass is 504 g/mol. The van der Waals surface area contributed by atoms with Crippen LogP contribution in [0, 0.1) is 0 Å². The Bertz CT molecular complexity index is 477. The number of nitrogens with one attached hydrogen (secondary N) is 2. The summed E-state index contributed by atoms with van der Waals surface area (Å²) < 4.78 is 6.56. The summed E-state index contributed by atoms with van der Waals surface area (Å²) in [6.45, 7) is 7.13. The molecule has 4 nitrogen and oxygen atoms in total. The Morgan fingerprint density at radius 1 is 0.457 bits per heavy atom. The molecule has 0 aromatic carbocycles. The van der Waals surface area contributed by atoms with Gasteiger partial charge in [0.25, 0.3) is 0 Å². The van der Waals surface area contributed by atoms with Crippen LogP contribution in [0.15, 0.2) is 0 Å². The summed E-state index contributed by atoms with van der Waals surface area (Å²) in [6, 6.07) is 3.17. The number of hydrogen-bond acceptors (Lipinski definition) is 4. The summed E-state index contributed by atoms with van der Waals surface area (Å²) in [7, 11) is -2.28. The zero-order valence-electron chi connectivity index (χ0n) is 23.7. The highest BCUT2D eigenvalue weighted by molar-refractivity contribution is 6.70. The van der Waals surface area contributed by atoms with Gasteiger partial charge in [-0.1, -0.05) is 90.9 Å². The predicted molar refractivity (Wildman–Crippen MR) is 154 cm³/mol. The van der Waals surface area contributed by atoms with Crippen LogP contribution in [0.3, 0.4) is 0 Å². The molecule has 0 unspecified atom stereocenters. The predicted octanol–water partition coefficient (Wildman–Crippen LogP) is 7.36. The van der Waals surface area contributed by atoms with Crippen molar-refractivity contribution in [1.82, 2.24) is 19.1 Å². The van der Waals surface area contributed by atoms with Crippen LogP contribution >= 0.6 is 0 Å². The van der Waals surface area contributed by atoms with Crippen LogP contribution in [0.2, 0.25) is 0 Å². The smallest absolute Gasteiger partial charge is 0.300 e. The highest BCUT2D eigenvalue weighted by atomic mass is 28.4. The van der Waals surface area contributed by atoms with Crippen molar-refractivity contribution in [2.75, 3.05) is 13.1 Å². The van der Waals surface area contributed by atoms with E-state index in [2.05, 4.69) is 32.9 Å². The van der Waals surface area contributed by atoms with Gasteiger partial charge in [0.15, 0.2) is 0 Å². The van der Waals surface area contributed by atoms with E-state index in [4.69, 9.17) is 0 Å². The van der Waals surface area contributed by atoms with Crippen molar-refractivity contribution in [2.24, 2.45) is 0 Å². The van der Waals surface area contributed by atoms with Gasteiger partial charge in [-0.25, -0.2) is 0 Å². The molecule has 4 aliphatic rings. The van der Waals surface area contributed by atoms with Crippen LogP contribution in [0.4, 0.5) is 0 Å². The van der Waals surface area contributed by atoms with Crippen molar-refractivity contribution in [3.05, 3.63) is 0 Å². The Labute approximate surface area is 220 Å². The van der Waals surface area contributed by atoms with E-state index in [0.29, 0.717) is 0 Å². The fourth-order valence-electron chi connectivity index (χ4n) is 8.25. The molecule has 204 valence electrons. The van der Waals surface area contributed by atoms with Gasteiger partial charge in [-0.15, -0.1) is 0 Å². The fourth-order valence-corrected chi connectivity index (χ4v) is 13.7. The molecule has 4 rings (SSSR count). The zero-order chi connectivity index (χ0) is 24.3. The molecule has 2 N–H and O–H groups in total. The fraction of sp³-hybridized carbons (Fsp3) is 1.00. The van der Waals surface area contributed by atoms with E-state index in [-0.39, 0.29) is 0 Å². The molecule has 0 atom stereocenters. The van der Waals surface area contributed by atoms with Crippen molar-refractivity contribution < 1.29 is 0 Å². The summed E-state index contributed by atoms with van der Waals surface area (Å²) >= 11 is 0. The molecule has 5 heteroatoms. The first-order valence-corrected chi connectivity index (χ1v) is 18.3. The summed E-state index contributed by atoms with van der Waals surface area (Å²) in [5.74, 6) is 0. The minimum Gasteiger partial charge on any atom is -0.300 e. The van der Waals surface area contributed by atoms with Crippen LogP contribution < -0.4 is 9.96 Å². The van der Waals surface area contributed by atoms with Gasteiger partial charge in [0.05, 0.1) is 0 Å². The summed E-state index contributed by atoms with van der Waals surface area (Å²) in [4.78, 5) is 8.97. The Morgan fingerprint density at radius 2 is 0.714 bits per heavy atom. The largest absolute Gasteiger partial charge is 0.372 e. The minimum atomic E-state index is -2.28. The molecular weight excluding hydrogens is 444 g/mol. The minimum absolute atomic E-state index is 0.793. The van der Waals surface area contributed by atoms with Crippen molar-refractivity contribution in [2.45, 2.75) is 179 Å². The third-order valence-electron chi connectivity index (χ3n) is 9.86. The highest BCUT2D eigenvalue weighted by Gasteiger charge is 2.55. The van der Waals surface area contributed by atoms with Gasteiger partial charge in [-0.2, -0.15) is 0 Å². The van der Waals surface area contributed by atoms with E-state index in [0.717, 1.165) is 24.2 Å². The van der Waals surface area contributed by atoms with Crippen LogP contribution in [0.1, 0.15) is 155 Å². The average Bonchev–Trinajstić information content (AvgIpc) is 2.93. The molecule has 35 heavy (non-hydrogen) atoms. The molecule has 0 amide bonds. The molecule has 0 radical (unpaired) electrons. The van der Waals surface area contributed by atoms with Gasteiger partial charge in [0, 0.05) is 24.2 Å². The zero-order valence-corrected chi connectivity index (χ0v) is 24.7. The number of rotatable bonds is 12. The van der Waals surface area contributed by atoms with Gasteiger partial charge >= 0.3 is 8.72 Å². The lowest BCUT2D eigenvalue weighted by atomic mass is 9.90. The number of hydrogen-bond donors (Lipinski definition) is 2. The molecule has 4 fully saturated rings. The van der Waals surface area contributed by atoms with Gasteiger partial charge in [0.1, 0.15) is 0 Å². The summed E-state index contributed by atoms with van der Waals surface area (Å²) in [6.07, 6.45) is 31.5. The molecule has 0 aromatic heterocycles. The van der Waals surface area contributed by atoms with E-state index in [1.165, 1.54) is 154 Å². The maximum Gasteiger partial charge on any atom is 0.372 e. The van der Waals surface area contributed by atoms with E-state index >= 15 is 0 Å². The Balaban J connectivity index is 1.80. The molecule has 0 aliphatic heterocycles. The molecular formula is C30H60N4Si. The van der Waals surface area contributed by atoms with Crippen molar-refractivity contribution >= 4 is 8.72 Å². The normalized spacial score (nSPS) is 25.0. The second kappa shape index (κ2) is 14.9. The van der Waals surface area contributed by atoms with E-state index in [9.17, 15) is 0 Å². The second-order valence-electron chi connectivity index (χ2n) is 12.5. The lowest BCUT2D eigenvalue weighted by Gasteiger charge is -2.60. The quantitative estimate of drug-likeness (QED) is 0.272. The van der Waals surface area contributed by atoms with Crippen LogP contribution in [-0.2, 0) is 0 Å². The molecule has 0 spiro atoms. The Morgan fingerprint density at radius 3 is 0.943 bits per heavy atom. The highest BCUT2D eigenvalue weighted by Crippen LogP contribution is 2.39. The molecule has 0 saturated heterocycles. The first-order valence-electron chi connectivity index (χ1n) is 16.4.